The van der Waals surface area contributed by atoms with Gasteiger partial charge in [0.1, 0.15) is 9.84 Å². The van der Waals surface area contributed by atoms with Crippen molar-refractivity contribution in [2.75, 3.05) is 25.1 Å². The van der Waals surface area contributed by atoms with Crippen LogP contribution in [0.2, 0.25) is 0 Å². The molecule has 1 unspecified atom stereocenters. The molecule has 1 heterocycles. The molecule has 0 amide bonds. The van der Waals surface area contributed by atoms with E-state index in [9.17, 15) is 13.2 Å². The minimum atomic E-state index is -3.05. The van der Waals surface area contributed by atoms with Crippen LogP contribution in [0.3, 0.4) is 0 Å². The van der Waals surface area contributed by atoms with Crippen LogP contribution in [0, 0.1) is 0 Å². The van der Waals surface area contributed by atoms with Crippen LogP contribution in [0.25, 0.3) is 0 Å². The molecule has 0 spiro atoms. The van der Waals surface area contributed by atoms with E-state index in [1.54, 1.807) is 0 Å². The Morgan fingerprint density at radius 3 is 2.24 bits per heavy atom. The first-order valence-corrected chi connectivity index (χ1v) is 8.32. The van der Waals surface area contributed by atoms with Crippen molar-refractivity contribution in [2.24, 2.45) is 0 Å². The van der Waals surface area contributed by atoms with Gasteiger partial charge in [-0.1, -0.05) is 6.92 Å². The van der Waals surface area contributed by atoms with E-state index in [1.807, 2.05) is 13.8 Å². The summed E-state index contributed by atoms with van der Waals surface area (Å²) in [4.78, 5) is 14.4. The van der Waals surface area contributed by atoms with Gasteiger partial charge in [-0.15, -0.1) is 0 Å². The zero-order chi connectivity index (χ0) is 13.1. The average Bonchev–Trinajstić information content (AvgIpc) is 2.77. The molecule has 1 fully saturated rings. The standard InChI is InChI=1S/C12H23NO3S/c1-4-12(2,13-8-5-6-9-13)11(14)7-10-17(3,15)16/h4-10H2,1-3H3. The van der Waals surface area contributed by atoms with Crippen molar-refractivity contribution in [3.8, 4) is 0 Å². The van der Waals surface area contributed by atoms with E-state index in [4.69, 9.17) is 0 Å². The Kier molecular flexibility index (Phi) is 4.72. The third-order valence-electron chi connectivity index (χ3n) is 3.79. The fourth-order valence-electron chi connectivity index (χ4n) is 2.36. The summed E-state index contributed by atoms with van der Waals surface area (Å²) >= 11 is 0. The number of carbonyl (C=O) groups excluding carboxylic acids is 1. The predicted molar refractivity (Wildman–Crippen MR) is 68.8 cm³/mol. The summed E-state index contributed by atoms with van der Waals surface area (Å²) in [5, 5.41) is 0. The number of rotatable bonds is 6. The molecule has 0 aliphatic carbocycles. The van der Waals surface area contributed by atoms with Crippen molar-refractivity contribution in [1.82, 2.24) is 4.90 Å². The van der Waals surface area contributed by atoms with Crippen molar-refractivity contribution in [3.05, 3.63) is 0 Å². The van der Waals surface area contributed by atoms with Gasteiger partial charge in [0.05, 0.1) is 11.3 Å². The van der Waals surface area contributed by atoms with Crippen LogP contribution in [0.1, 0.15) is 39.5 Å². The van der Waals surface area contributed by atoms with Gasteiger partial charge in [0, 0.05) is 12.7 Å². The fraction of sp³-hybridized carbons (Fsp3) is 0.917. The molecule has 0 aromatic carbocycles. The summed E-state index contributed by atoms with van der Waals surface area (Å²) in [6.45, 7) is 5.85. The monoisotopic (exact) mass is 261 g/mol. The minimum absolute atomic E-state index is 0.0325. The lowest BCUT2D eigenvalue weighted by Crippen LogP contribution is -2.51. The van der Waals surface area contributed by atoms with Crippen molar-refractivity contribution in [1.29, 1.82) is 0 Å². The van der Waals surface area contributed by atoms with Gasteiger partial charge in [0.2, 0.25) is 0 Å². The van der Waals surface area contributed by atoms with E-state index >= 15 is 0 Å². The number of hydrogen-bond acceptors (Lipinski definition) is 4. The highest BCUT2D eigenvalue weighted by atomic mass is 32.2. The largest absolute Gasteiger partial charge is 0.298 e. The van der Waals surface area contributed by atoms with Crippen molar-refractivity contribution in [2.45, 2.75) is 45.1 Å². The molecule has 17 heavy (non-hydrogen) atoms. The molecular formula is C12H23NO3S. The molecule has 0 N–H and O–H groups in total. The van der Waals surface area contributed by atoms with Crippen molar-refractivity contribution >= 4 is 15.6 Å². The predicted octanol–water partition coefficient (Wildman–Crippen LogP) is 1.25. The lowest BCUT2D eigenvalue weighted by Gasteiger charge is -2.36. The van der Waals surface area contributed by atoms with E-state index in [0.29, 0.717) is 0 Å². The first kappa shape index (κ1) is 14.6. The van der Waals surface area contributed by atoms with Crippen LogP contribution in [0.15, 0.2) is 0 Å². The lowest BCUT2D eigenvalue weighted by molar-refractivity contribution is -0.129. The van der Waals surface area contributed by atoms with Gasteiger partial charge >= 0.3 is 0 Å². The Morgan fingerprint density at radius 2 is 1.82 bits per heavy atom. The van der Waals surface area contributed by atoms with Gasteiger partial charge in [-0.2, -0.15) is 0 Å². The fourth-order valence-corrected chi connectivity index (χ4v) is 2.91. The Hall–Kier alpha value is -0.420. The van der Waals surface area contributed by atoms with Crippen LogP contribution in [-0.4, -0.2) is 49.7 Å². The molecule has 1 aliphatic rings. The molecule has 1 atom stereocenters. The maximum atomic E-state index is 12.2. The molecule has 1 aliphatic heterocycles. The number of nitrogens with zero attached hydrogens (tertiary/aromatic N) is 1. The Morgan fingerprint density at radius 1 is 1.29 bits per heavy atom. The van der Waals surface area contributed by atoms with E-state index in [2.05, 4.69) is 4.90 Å². The van der Waals surface area contributed by atoms with Crippen LogP contribution in [0.4, 0.5) is 0 Å². The molecule has 1 rings (SSSR count). The molecule has 0 aromatic rings. The smallest absolute Gasteiger partial charge is 0.153 e. The normalized spacial score (nSPS) is 21.4. The highest BCUT2D eigenvalue weighted by Gasteiger charge is 2.38. The Labute approximate surface area is 104 Å². The van der Waals surface area contributed by atoms with Gasteiger partial charge in [-0.25, -0.2) is 8.42 Å². The second-order valence-corrected chi connectivity index (χ2v) is 7.38. The topological polar surface area (TPSA) is 54.5 Å². The summed E-state index contributed by atoms with van der Waals surface area (Å²) in [5.74, 6) is 0.0299. The second-order valence-electron chi connectivity index (χ2n) is 5.12. The number of carbonyl (C=O) groups is 1. The maximum Gasteiger partial charge on any atom is 0.153 e. The average molecular weight is 261 g/mol. The summed E-state index contributed by atoms with van der Waals surface area (Å²) in [5.41, 5.74) is -0.471. The van der Waals surface area contributed by atoms with Crippen LogP contribution >= 0.6 is 0 Å². The van der Waals surface area contributed by atoms with E-state index < -0.39 is 15.4 Å². The summed E-state index contributed by atoms with van der Waals surface area (Å²) in [6, 6.07) is 0. The zero-order valence-electron chi connectivity index (χ0n) is 11.0. The number of hydrogen-bond donors (Lipinski definition) is 0. The molecule has 100 valence electrons. The van der Waals surface area contributed by atoms with E-state index in [-0.39, 0.29) is 18.0 Å². The highest BCUT2D eigenvalue weighted by Crippen LogP contribution is 2.26. The van der Waals surface area contributed by atoms with Gasteiger partial charge in [-0.3, -0.25) is 9.69 Å². The maximum absolute atomic E-state index is 12.2. The van der Waals surface area contributed by atoms with Crippen molar-refractivity contribution < 1.29 is 13.2 Å². The Balaban J connectivity index is 2.68. The molecule has 0 bridgehead atoms. The summed E-state index contributed by atoms with van der Waals surface area (Å²) in [7, 11) is -3.05. The molecule has 0 saturated carbocycles. The van der Waals surface area contributed by atoms with Gasteiger partial charge < -0.3 is 0 Å². The number of sulfone groups is 1. The Bertz CT molecular complexity index is 371. The van der Waals surface area contributed by atoms with Gasteiger partial charge in [-0.05, 0) is 39.3 Å². The SMILES string of the molecule is CCC(C)(C(=O)CCS(C)(=O)=O)N1CCCC1. The van der Waals surface area contributed by atoms with Gasteiger partial charge in [0.15, 0.2) is 5.78 Å². The molecule has 0 aromatic heterocycles. The lowest BCUT2D eigenvalue weighted by atomic mass is 9.90. The van der Waals surface area contributed by atoms with E-state index in [0.717, 1.165) is 32.4 Å². The van der Waals surface area contributed by atoms with Crippen LogP contribution in [-0.2, 0) is 14.6 Å². The molecule has 4 nitrogen and oxygen atoms in total. The van der Waals surface area contributed by atoms with Gasteiger partial charge in [0.25, 0.3) is 0 Å². The minimum Gasteiger partial charge on any atom is -0.298 e. The quantitative estimate of drug-likeness (QED) is 0.722. The second kappa shape index (κ2) is 5.48. The van der Waals surface area contributed by atoms with E-state index in [1.165, 1.54) is 6.26 Å². The molecule has 1 saturated heterocycles. The van der Waals surface area contributed by atoms with Crippen molar-refractivity contribution in [3.63, 3.8) is 0 Å². The number of Topliss-reactive ketones (excluding diaryl/α,β-unsaturated/α-hetero) is 1. The highest BCUT2D eigenvalue weighted by molar-refractivity contribution is 7.90. The molecular weight excluding hydrogens is 238 g/mol. The summed E-state index contributed by atoms with van der Waals surface area (Å²) in [6.07, 6.45) is 4.33. The first-order chi connectivity index (χ1) is 7.79. The molecule has 0 radical (unpaired) electrons. The zero-order valence-corrected chi connectivity index (χ0v) is 11.8. The third kappa shape index (κ3) is 3.78. The molecule has 5 heteroatoms. The number of ketones is 1. The van der Waals surface area contributed by atoms with Crippen LogP contribution < -0.4 is 0 Å². The summed E-state index contributed by atoms with van der Waals surface area (Å²) < 4.78 is 22.2. The van der Waals surface area contributed by atoms with Crippen LogP contribution in [0.5, 0.6) is 0 Å². The first-order valence-electron chi connectivity index (χ1n) is 6.25. The third-order valence-corrected chi connectivity index (χ3v) is 4.74. The number of likely N-dealkylation sites (tertiary alicyclic amines) is 1.